The van der Waals surface area contributed by atoms with Crippen molar-refractivity contribution in [2.24, 2.45) is 0 Å². The summed E-state index contributed by atoms with van der Waals surface area (Å²) < 4.78 is 47.7. The lowest BCUT2D eigenvalue weighted by Crippen LogP contribution is -2.09. The number of hydrogen-bond donors (Lipinski definition) is 1. The fourth-order valence-electron chi connectivity index (χ4n) is 1.05. The average Bonchev–Trinajstić information content (AvgIpc) is 2.19. The molecule has 0 saturated heterocycles. The molecule has 0 fully saturated rings. The summed E-state index contributed by atoms with van der Waals surface area (Å²) in [5, 5.41) is 2.70. The zero-order chi connectivity index (χ0) is 12.0. The standard InChI is InChI=1S/C9H11F4N3/c10-7-5-15-8(16-6-7)14-4-2-1-3-9(11,12)13/h5-6H,1-4H2,(H,14,15,16). The number of rotatable bonds is 5. The highest BCUT2D eigenvalue weighted by atomic mass is 19.4. The van der Waals surface area contributed by atoms with Gasteiger partial charge in [-0.05, 0) is 12.8 Å². The maximum Gasteiger partial charge on any atom is 0.389 e. The molecule has 0 spiro atoms. The van der Waals surface area contributed by atoms with Gasteiger partial charge in [0.15, 0.2) is 5.82 Å². The maximum absolute atomic E-state index is 12.4. The van der Waals surface area contributed by atoms with Crippen LogP contribution in [0.1, 0.15) is 19.3 Å². The van der Waals surface area contributed by atoms with Gasteiger partial charge in [0.1, 0.15) is 0 Å². The van der Waals surface area contributed by atoms with Crippen LogP contribution in [0.4, 0.5) is 23.5 Å². The van der Waals surface area contributed by atoms with Crippen LogP contribution in [0.15, 0.2) is 12.4 Å². The van der Waals surface area contributed by atoms with Gasteiger partial charge in [0, 0.05) is 13.0 Å². The van der Waals surface area contributed by atoms with Crippen molar-refractivity contribution < 1.29 is 17.6 Å². The van der Waals surface area contributed by atoms with E-state index in [1.807, 2.05) is 0 Å². The van der Waals surface area contributed by atoms with Gasteiger partial charge in [-0.3, -0.25) is 0 Å². The molecule has 0 aliphatic rings. The monoisotopic (exact) mass is 237 g/mol. The van der Waals surface area contributed by atoms with Gasteiger partial charge in [-0.2, -0.15) is 13.2 Å². The molecule has 7 heteroatoms. The minimum absolute atomic E-state index is 0.0533. The molecule has 1 aromatic heterocycles. The van der Waals surface area contributed by atoms with Crippen molar-refractivity contribution in [1.82, 2.24) is 9.97 Å². The Labute approximate surface area is 89.9 Å². The number of nitrogens with zero attached hydrogens (tertiary/aromatic N) is 2. The first-order chi connectivity index (χ1) is 7.47. The van der Waals surface area contributed by atoms with E-state index in [-0.39, 0.29) is 12.4 Å². The van der Waals surface area contributed by atoms with Crippen molar-refractivity contribution in [3.8, 4) is 0 Å². The lowest BCUT2D eigenvalue weighted by atomic mass is 10.2. The summed E-state index contributed by atoms with van der Waals surface area (Å²) in [6.07, 6.45) is -2.50. The zero-order valence-corrected chi connectivity index (χ0v) is 8.39. The molecule has 90 valence electrons. The molecule has 0 saturated carbocycles. The van der Waals surface area contributed by atoms with Gasteiger partial charge < -0.3 is 5.32 Å². The normalized spacial score (nSPS) is 11.5. The van der Waals surface area contributed by atoms with Crippen molar-refractivity contribution in [3.63, 3.8) is 0 Å². The number of nitrogens with one attached hydrogen (secondary N) is 1. The second kappa shape index (κ2) is 5.62. The minimum Gasteiger partial charge on any atom is -0.354 e. The van der Waals surface area contributed by atoms with E-state index >= 15 is 0 Å². The molecule has 0 aliphatic carbocycles. The number of alkyl halides is 3. The first-order valence-corrected chi connectivity index (χ1v) is 4.75. The maximum atomic E-state index is 12.4. The Bertz CT molecular complexity index is 310. The van der Waals surface area contributed by atoms with Crippen LogP contribution in [0.2, 0.25) is 0 Å². The third-order valence-electron chi connectivity index (χ3n) is 1.79. The van der Waals surface area contributed by atoms with Crippen LogP contribution in [0.5, 0.6) is 0 Å². The first kappa shape index (κ1) is 12.7. The van der Waals surface area contributed by atoms with Gasteiger partial charge in [-0.1, -0.05) is 0 Å². The quantitative estimate of drug-likeness (QED) is 0.632. The predicted molar refractivity (Wildman–Crippen MR) is 50.4 cm³/mol. The molecule has 0 amide bonds. The van der Waals surface area contributed by atoms with E-state index in [9.17, 15) is 17.6 Å². The summed E-state index contributed by atoms with van der Waals surface area (Å²) in [5.41, 5.74) is 0. The Kier molecular flexibility index (Phi) is 4.45. The van der Waals surface area contributed by atoms with Gasteiger partial charge >= 0.3 is 6.18 Å². The molecular weight excluding hydrogens is 226 g/mol. The molecule has 0 atom stereocenters. The van der Waals surface area contributed by atoms with E-state index in [1.165, 1.54) is 0 Å². The van der Waals surface area contributed by atoms with Gasteiger partial charge in [0.25, 0.3) is 0 Å². The van der Waals surface area contributed by atoms with E-state index < -0.39 is 18.4 Å². The van der Waals surface area contributed by atoms with Crippen molar-refractivity contribution >= 4 is 5.95 Å². The van der Waals surface area contributed by atoms with Gasteiger partial charge in [-0.15, -0.1) is 0 Å². The molecule has 1 N–H and O–H groups in total. The zero-order valence-electron chi connectivity index (χ0n) is 8.39. The number of hydrogen-bond acceptors (Lipinski definition) is 3. The van der Waals surface area contributed by atoms with Crippen molar-refractivity contribution in [1.29, 1.82) is 0 Å². The molecule has 1 heterocycles. The molecule has 0 aliphatic heterocycles. The predicted octanol–water partition coefficient (Wildman–Crippen LogP) is 2.76. The Hall–Kier alpha value is -1.40. The van der Waals surface area contributed by atoms with E-state index in [0.717, 1.165) is 12.4 Å². The molecule has 1 aromatic rings. The van der Waals surface area contributed by atoms with Crippen LogP contribution in [-0.4, -0.2) is 22.7 Å². The Balaban J connectivity index is 2.14. The number of halogens is 4. The lowest BCUT2D eigenvalue weighted by Gasteiger charge is -2.06. The van der Waals surface area contributed by atoms with Crippen LogP contribution < -0.4 is 5.32 Å². The summed E-state index contributed by atoms with van der Waals surface area (Å²) >= 11 is 0. The van der Waals surface area contributed by atoms with Crippen LogP contribution in [0.3, 0.4) is 0 Å². The van der Waals surface area contributed by atoms with E-state index in [4.69, 9.17) is 0 Å². The SMILES string of the molecule is Fc1cnc(NCCCCC(F)(F)F)nc1. The third kappa shape index (κ3) is 5.47. The van der Waals surface area contributed by atoms with Gasteiger partial charge in [0.05, 0.1) is 12.4 Å². The lowest BCUT2D eigenvalue weighted by molar-refractivity contribution is -0.135. The molecule has 0 bridgehead atoms. The summed E-state index contributed by atoms with van der Waals surface area (Å²) in [4.78, 5) is 7.21. The van der Waals surface area contributed by atoms with E-state index in [0.29, 0.717) is 13.0 Å². The van der Waals surface area contributed by atoms with Gasteiger partial charge in [0.2, 0.25) is 5.95 Å². The highest BCUT2D eigenvalue weighted by molar-refractivity contribution is 5.21. The van der Waals surface area contributed by atoms with E-state index in [2.05, 4.69) is 15.3 Å². The second-order valence-electron chi connectivity index (χ2n) is 3.22. The molecular formula is C9H11F4N3. The van der Waals surface area contributed by atoms with Crippen LogP contribution in [0.25, 0.3) is 0 Å². The van der Waals surface area contributed by atoms with Crippen LogP contribution >= 0.6 is 0 Å². The van der Waals surface area contributed by atoms with Crippen LogP contribution in [0, 0.1) is 5.82 Å². The minimum atomic E-state index is -4.10. The molecule has 16 heavy (non-hydrogen) atoms. The average molecular weight is 237 g/mol. The summed E-state index contributed by atoms with van der Waals surface area (Å²) in [5.74, 6) is -0.337. The van der Waals surface area contributed by atoms with Crippen molar-refractivity contribution in [2.75, 3.05) is 11.9 Å². The fourth-order valence-corrected chi connectivity index (χ4v) is 1.05. The summed E-state index contributed by atoms with van der Waals surface area (Å²) in [6, 6.07) is 0. The Morgan fingerprint density at radius 2 is 1.75 bits per heavy atom. The second-order valence-corrected chi connectivity index (χ2v) is 3.22. The molecule has 0 aromatic carbocycles. The first-order valence-electron chi connectivity index (χ1n) is 4.75. The van der Waals surface area contributed by atoms with Crippen molar-refractivity contribution in [3.05, 3.63) is 18.2 Å². The molecule has 1 rings (SSSR count). The fraction of sp³-hybridized carbons (Fsp3) is 0.556. The number of anilines is 1. The topological polar surface area (TPSA) is 37.8 Å². The Morgan fingerprint density at radius 1 is 1.12 bits per heavy atom. The third-order valence-corrected chi connectivity index (χ3v) is 1.79. The van der Waals surface area contributed by atoms with Crippen LogP contribution in [-0.2, 0) is 0 Å². The summed E-state index contributed by atoms with van der Waals surface area (Å²) in [7, 11) is 0. The number of aromatic nitrogens is 2. The van der Waals surface area contributed by atoms with Crippen molar-refractivity contribution in [2.45, 2.75) is 25.4 Å². The molecule has 0 radical (unpaired) electrons. The Morgan fingerprint density at radius 3 is 2.31 bits per heavy atom. The number of unbranched alkanes of at least 4 members (excludes halogenated alkanes) is 1. The highest BCUT2D eigenvalue weighted by Crippen LogP contribution is 2.21. The summed E-state index contributed by atoms with van der Waals surface area (Å²) in [6.45, 7) is 0.335. The molecule has 0 unspecified atom stereocenters. The van der Waals surface area contributed by atoms with Gasteiger partial charge in [-0.25, -0.2) is 14.4 Å². The largest absolute Gasteiger partial charge is 0.389 e. The van der Waals surface area contributed by atoms with E-state index in [1.54, 1.807) is 0 Å². The smallest absolute Gasteiger partial charge is 0.354 e. The molecule has 3 nitrogen and oxygen atoms in total. The highest BCUT2D eigenvalue weighted by Gasteiger charge is 2.25.